The maximum absolute atomic E-state index is 12.2. The van der Waals surface area contributed by atoms with E-state index in [2.05, 4.69) is 5.32 Å². The van der Waals surface area contributed by atoms with E-state index in [1.54, 1.807) is 0 Å². The number of methoxy groups -OCH3 is 1. The number of amides is 1. The smallest absolute Gasteiger partial charge is 0.339 e. The number of carboxylic acid groups (broad SMARTS) is 1. The van der Waals surface area contributed by atoms with E-state index in [-0.39, 0.29) is 28.6 Å². The number of nitrogens with two attached hydrogens (primary N) is 1. The molecule has 8 heteroatoms. The van der Waals surface area contributed by atoms with Crippen LogP contribution in [0.1, 0.15) is 16.8 Å². The molecule has 0 radical (unpaired) electrons. The Morgan fingerprint density at radius 1 is 1.52 bits per heavy atom. The van der Waals surface area contributed by atoms with Gasteiger partial charge < -0.3 is 25.6 Å². The number of nitrogens with one attached hydrogen (secondary N) is 1. The summed E-state index contributed by atoms with van der Waals surface area (Å²) in [5.74, 6) is -1.52. The zero-order chi connectivity index (χ0) is 15.6. The summed E-state index contributed by atoms with van der Waals surface area (Å²) in [5, 5.41) is 11.7. The monoisotopic (exact) mass is 314 g/mol. The first kappa shape index (κ1) is 15.6. The third kappa shape index (κ3) is 3.10. The van der Waals surface area contributed by atoms with Crippen molar-refractivity contribution in [3.05, 3.63) is 22.7 Å². The van der Waals surface area contributed by atoms with Crippen molar-refractivity contribution in [1.82, 2.24) is 0 Å². The molecule has 21 heavy (non-hydrogen) atoms. The van der Waals surface area contributed by atoms with Crippen molar-refractivity contribution in [2.45, 2.75) is 12.0 Å². The molecule has 0 saturated carbocycles. The van der Waals surface area contributed by atoms with E-state index in [0.29, 0.717) is 13.0 Å². The second-order valence-corrected chi connectivity index (χ2v) is 5.16. The highest BCUT2D eigenvalue weighted by Gasteiger charge is 2.38. The van der Waals surface area contributed by atoms with Crippen LogP contribution in [0.4, 0.5) is 5.69 Å². The van der Waals surface area contributed by atoms with Crippen LogP contribution in [-0.2, 0) is 9.53 Å². The van der Waals surface area contributed by atoms with Crippen molar-refractivity contribution < 1.29 is 24.2 Å². The van der Waals surface area contributed by atoms with Crippen LogP contribution in [0, 0.1) is 0 Å². The molecule has 2 rings (SSSR count). The number of aromatic carboxylic acids is 1. The summed E-state index contributed by atoms with van der Waals surface area (Å²) in [4.78, 5) is 23.2. The van der Waals surface area contributed by atoms with Gasteiger partial charge >= 0.3 is 5.97 Å². The molecular weight excluding hydrogens is 300 g/mol. The van der Waals surface area contributed by atoms with Crippen LogP contribution in [0.15, 0.2) is 12.1 Å². The molecule has 1 aromatic rings. The molecule has 0 spiro atoms. The Balaban J connectivity index is 2.28. The van der Waals surface area contributed by atoms with Crippen molar-refractivity contribution in [2.75, 3.05) is 25.6 Å². The van der Waals surface area contributed by atoms with E-state index in [1.807, 2.05) is 0 Å². The van der Waals surface area contributed by atoms with E-state index in [1.165, 1.54) is 19.2 Å². The van der Waals surface area contributed by atoms with E-state index < -0.39 is 17.4 Å². The lowest BCUT2D eigenvalue weighted by Crippen LogP contribution is -2.51. The van der Waals surface area contributed by atoms with Crippen molar-refractivity contribution >= 4 is 29.2 Å². The first-order chi connectivity index (χ1) is 9.87. The summed E-state index contributed by atoms with van der Waals surface area (Å²) in [6.07, 6.45) is 0.404. The summed E-state index contributed by atoms with van der Waals surface area (Å²) >= 11 is 5.99. The van der Waals surface area contributed by atoms with Crippen molar-refractivity contribution in [3.63, 3.8) is 0 Å². The molecule has 1 aliphatic heterocycles. The van der Waals surface area contributed by atoms with Gasteiger partial charge in [-0.1, -0.05) is 11.6 Å². The van der Waals surface area contributed by atoms with Gasteiger partial charge in [0.05, 0.1) is 24.4 Å². The lowest BCUT2D eigenvalue weighted by atomic mass is 9.99. The number of ether oxygens (including phenoxy) is 2. The Labute approximate surface area is 126 Å². The number of carbonyl (C=O) groups excluding carboxylic acids is 1. The Hall–Kier alpha value is -1.83. The number of halogens is 1. The number of rotatable bonds is 4. The highest BCUT2D eigenvalue weighted by atomic mass is 35.5. The molecule has 1 aromatic carbocycles. The predicted molar refractivity (Wildman–Crippen MR) is 75.9 cm³/mol. The van der Waals surface area contributed by atoms with Crippen LogP contribution in [0.25, 0.3) is 0 Å². The molecule has 1 fully saturated rings. The first-order valence-electron chi connectivity index (χ1n) is 6.16. The summed E-state index contributed by atoms with van der Waals surface area (Å²) in [6.45, 7) is 0.541. The molecule has 0 aliphatic carbocycles. The van der Waals surface area contributed by atoms with Gasteiger partial charge in [-0.05, 0) is 12.5 Å². The third-order valence-electron chi connectivity index (χ3n) is 3.27. The van der Waals surface area contributed by atoms with E-state index >= 15 is 0 Å². The van der Waals surface area contributed by atoms with E-state index in [4.69, 9.17) is 31.9 Å². The normalized spacial score (nSPS) is 21.1. The quantitative estimate of drug-likeness (QED) is 0.767. The number of anilines is 1. The maximum atomic E-state index is 12.2. The van der Waals surface area contributed by atoms with Gasteiger partial charge in [-0.2, -0.15) is 0 Å². The van der Waals surface area contributed by atoms with Crippen LogP contribution in [0.3, 0.4) is 0 Å². The predicted octanol–water partition coefficient (Wildman–Crippen LogP) is 1.10. The molecular formula is C13H15ClN2O5. The second-order valence-electron chi connectivity index (χ2n) is 4.75. The van der Waals surface area contributed by atoms with Crippen LogP contribution in [-0.4, -0.2) is 42.8 Å². The number of hydrogen-bond donors (Lipinski definition) is 3. The van der Waals surface area contributed by atoms with Gasteiger partial charge in [0, 0.05) is 12.7 Å². The lowest BCUT2D eigenvalue weighted by Gasteiger charge is -2.21. The van der Waals surface area contributed by atoms with E-state index in [9.17, 15) is 9.59 Å². The highest BCUT2D eigenvalue weighted by Crippen LogP contribution is 2.32. The van der Waals surface area contributed by atoms with Gasteiger partial charge in [0.15, 0.2) is 0 Å². The van der Waals surface area contributed by atoms with Gasteiger partial charge in [-0.3, -0.25) is 4.79 Å². The average Bonchev–Trinajstić information content (AvgIpc) is 2.88. The number of carboxylic acids is 1. The first-order valence-corrected chi connectivity index (χ1v) is 6.54. The molecule has 4 N–H and O–H groups in total. The SMILES string of the molecule is COc1cc(NC(=O)C2(N)CCOC2)c(Cl)cc1C(=O)O. The Morgan fingerprint density at radius 3 is 2.76 bits per heavy atom. The number of benzene rings is 1. The second kappa shape index (κ2) is 5.88. The summed E-state index contributed by atoms with van der Waals surface area (Å²) in [5.41, 5.74) is 4.98. The fourth-order valence-electron chi connectivity index (χ4n) is 1.99. The topological polar surface area (TPSA) is 111 Å². The minimum atomic E-state index is -1.17. The molecule has 0 aromatic heterocycles. The summed E-state index contributed by atoms with van der Waals surface area (Å²) in [6, 6.07) is 2.57. The largest absolute Gasteiger partial charge is 0.496 e. The third-order valence-corrected chi connectivity index (χ3v) is 3.58. The Morgan fingerprint density at radius 2 is 2.24 bits per heavy atom. The molecule has 0 bridgehead atoms. The number of carbonyl (C=O) groups is 2. The number of hydrogen-bond acceptors (Lipinski definition) is 5. The lowest BCUT2D eigenvalue weighted by molar-refractivity contribution is -0.121. The minimum absolute atomic E-state index is 0.0871. The van der Waals surface area contributed by atoms with Crippen LogP contribution in [0.5, 0.6) is 5.75 Å². The molecule has 1 amide bonds. The molecule has 1 saturated heterocycles. The molecule has 1 heterocycles. The summed E-state index contributed by atoms with van der Waals surface area (Å²) < 4.78 is 10.1. The van der Waals surface area contributed by atoms with Crippen molar-refractivity contribution in [1.29, 1.82) is 0 Å². The Kier molecular flexibility index (Phi) is 4.36. The molecule has 114 valence electrons. The standard InChI is InChI=1S/C13H15ClN2O5/c1-20-10-5-9(8(14)4-7(10)11(17)18)16-12(19)13(15)2-3-21-6-13/h4-5H,2-3,6,15H2,1H3,(H,16,19)(H,17,18). The molecule has 7 nitrogen and oxygen atoms in total. The molecule has 1 unspecified atom stereocenters. The van der Waals surface area contributed by atoms with Gasteiger partial charge in [-0.25, -0.2) is 4.79 Å². The van der Waals surface area contributed by atoms with Crippen molar-refractivity contribution in [3.8, 4) is 5.75 Å². The van der Waals surface area contributed by atoms with Crippen LogP contribution < -0.4 is 15.8 Å². The van der Waals surface area contributed by atoms with Crippen LogP contribution in [0.2, 0.25) is 5.02 Å². The van der Waals surface area contributed by atoms with Gasteiger partial charge in [-0.15, -0.1) is 0 Å². The summed E-state index contributed by atoms with van der Waals surface area (Å²) in [7, 11) is 1.33. The maximum Gasteiger partial charge on any atom is 0.339 e. The average molecular weight is 315 g/mol. The minimum Gasteiger partial charge on any atom is -0.496 e. The fourth-order valence-corrected chi connectivity index (χ4v) is 2.20. The zero-order valence-electron chi connectivity index (χ0n) is 11.3. The van der Waals surface area contributed by atoms with Gasteiger partial charge in [0.2, 0.25) is 5.91 Å². The Bertz CT molecular complexity index is 584. The fraction of sp³-hybridized carbons (Fsp3) is 0.385. The highest BCUT2D eigenvalue weighted by molar-refractivity contribution is 6.34. The zero-order valence-corrected chi connectivity index (χ0v) is 12.1. The van der Waals surface area contributed by atoms with Gasteiger partial charge in [0.1, 0.15) is 16.9 Å². The molecule has 1 aliphatic rings. The van der Waals surface area contributed by atoms with E-state index in [0.717, 1.165) is 0 Å². The van der Waals surface area contributed by atoms with Gasteiger partial charge in [0.25, 0.3) is 0 Å². The van der Waals surface area contributed by atoms with Crippen LogP contribution >= 0.6 is 11.6 Å². The molecule has 1 atom stereocenters. The van der Waals surface area contributed by atoms with Crippen molar-refractivity contribution in [2.24, 2.45) is 5.73 Å².